The number of para-hydroxylation sites is 4. The second-order valence-corrected chi connectivity index (χ2v) is 35.4. The summed E-state index contributed by atoms with van der Waals surface area (Å²) >= 11 is 0. The van der Waals surface area contributed by atoms with E-state index >= 15 is 0 Å². The maximum absolute atomic E-state index is 14.3. The van der Waals surface area contributed by atoms with Gasteiger partial charge in [0, 0.05) is 118 Å². The fourth-order valence-electron chi connectivity index (χ4n) is 17.3. The molecule has 5 amide bonds. The lowest BCUT2D eigenvalue weighted by Gasteiger charge is -2.12. The summed E-state index contributed by atoms with van der Waals surface area (Å²) in [6.45, 7) is 5.53. The van der Waals surface area contributed by atoms with Crippen molar-refractivity contribution >= 4 is 84.1 Å². The molecule has 6 heterocycles. The van der Waals surface area contributed by atoms with Gasteiger partial charge in [-0.1, -0.05) is 134 Å². The number of halogens is 7. The predicted octanol–water partition coefficient (Wildman–Crippen LogP) is 15.1. The van der Waals surface area contributed by atoms with Crippen LogP contribution in [0.5, 0.6) is 11.5 Å². The molecule has 0 bridgehead atoms. The number of carbonyl (C=O) groups excluding carboxylic acids is 5. The third-order valence-corrected chi connectivity index (χ3v) is 25.0. The van der Waals surface area contributed by atoms with Gasteiger partial charge in [0.05, 0.1) is 29.2 Å². The minimum atomic E-state index is -0.463. The van der Waals surface area contributed by atoms with E-state index in [2.05, 4.69) is 62.9 Å². The van der Waals surface area contributed by atoms with Crippen LogP contribution in [0.2, 0.25) is 0 Å². The predicted molar refractivity (Wildman–Crippen MR) is 543 cm³/mol. The SMILES string of the molecule is COc1cccc2c(-c3ccc(F)cc3)c(C(=O)NC[C@@H](N)CCCN)[nH]c12.NCCC[C@H](N)CNC(=O)c1[nH]c2c(F)cccc2c1-c1ccc(F)cc1.NCCC[C@H](N)CNC(=O)c1[nH]c2c(O)cccc2c1-c1ccc(F)cc1.NCCC[C@H](N)CNC(=O)c1[nH]c2cc(-c3ccc(F)cc3)ccc2c1CCC1CC1.NC[C@@H]1CN[C@H](CNC(=O)c2[nH]c3c(F)cccc3c2-c2ccc(F)cc2)C1. The summed E-state index contributed by atoms with van der Waals surface area (Å²) in [6.07, 6.45) is 11.6. The zero-order valence-electron chi connectivity index (χ0n) is 78.5. The molecule has 2 fully saturated rings. The number of aromatic amines is 5. The van der Waals surface area contributed by atoms with Crippen molar-refractivity contribution in [2.45, 2.75) is 114 Å². The molecule has 742 valence electrons. The van der Waals surface area contributed by atoms with Gasteiger partial charge in [-0.05, 0) is 252 Å². The molecule has 6 atom stereocenters. The van der Waals surface area contributed by atoms with Crippen LogP contribution in [0.4, 0.5) is 30.7 Å². The molecule has 0 spiro atoms. The fourth-order valence-corrected chi connectivity index (χ4v) is 17.3. The second kappa shape index (κ2) is 50.2. The molecule has 1 aliphatic carbocycles. The number of hydrogen-bond donors (Lipinski definition) is 21. The summed E-state index contributed by atoms with van der Waals surface area (Å²) in [5, 5.41) is 31.6. The maximum atomic E-state index is 14.3. The Labute approximate surface area is 811 Å². The minimum Gasteiger partial charge on any atom is -0.506 e. The number of benzene rings is 10. The molecule has 141 heavy (non-hydrogen) atoms. The molecule has 2 aliphatic rings. The van der Waals surface area contributed by atoms with E-state index in [1.807, 2.05) is 30.3 Å². The molecule has 27 nitrogen and oxygen atoms in total. The first-order chi connectivity index (χ1) is 68.2. The van der Waals surface area contributed by atoms with Crippen molar-refractivity contribution in [1.29, 1.82) is 0 Å². The van der Waals surface area contributed by atoms with Crippen LogP contribution in [0.15, 0.2) is 212 Å². The number of hydrogen-bond acceptors (Lipinski definition) is 17. The van der Waals surface area contributed by atoms with Crippen LogP contribution in [-0.2, 0) is 6.42 Å². The van der Waals surface area contributed by atoms with Gasteiger partial charge in [-0.25, -0.2) is 30.7 Å². The molecule has 5 aromatic heterocycles. The first-order valence-corrected chi connectivity index (χ1v) is 47.4. The number of aryl methyl sites for hydroxylation is 1. The number of fused-ring (bicyclic) bond motifs is 5. The van der Waals surface area contributed by atoms with E-state index in [9.17, 15) is 59.8 Å². The highest BCUT2D eigenvalue weighted by Gasteiger charge is 2.31. The summed E-state index contributed by atoms with van der Waals surface area (Å²) in [4.78, 5) is 79.7. The molecule has 17 rings (SSSR count). The largest absolute Gasteiger partial charge is 0.506 e. The lowest BCUT2D eigenvalue weighted by Crippen LogP contribution is -2.37. The molecule has 10 aromatic carbocycles. The number of phenols is 1. The van der Waals surface area contributed by atoms with Gasteiger partial charge in [0.25, 0.3) is 29.5 Å². The highest BCUT2D eigenvalue weighted by Crippen LogP contribution is 2.42. The number of nitrogens with two attached hydrogens (primary N) is 9. The quantitative estimate of drug-likeness (QED) is 0.0161. The van der Waals surface area contributed by atoms with Crippen molar-refractivity contribution in [3.63, 3.8) is 0 Å². The van der Waals surface area contributed by atoms with Gasteiger partial charge < -0.3 is 118 Å². The number of ether oxygens (including phenoxy) is 1. The molecular formula is C107H123F7N20O7. The molecule has 15 aromatic rings. The Balaban J connectivity index is 0.000000148. The summed E-state index contributed by atoms with van der Waals surface area (Å²) in [6, 6.07) is 55.5. The lowest BCUT2D eigenvalue weighted by molar-refractivity contribution is 0.0938. The average Bonchev–Trinajstić information content (AvgIpc) is 1.65. The number of H-pyrrole nitrogens is 5. The van der Waals surface area contributed by atoms with Gasteiger partial charge in [0.15, 0.2) is 0 Å². The number of nitrogens with one attached hydrogen (secondary N) is 11. The number of phenolic OH excluding ortho intramolecular Hbond substituents is 1. The van der Waals surface area contributed by atoms with E-state index in [1.54, 1.807) is 104 Å². The number of methoxy groups -OCH3 is 1. The van der Waals surface area contributed by atoms with Gasteiger partial charge in [0.2, 0.25) is 0 Å². The zero-order chi connectivity index (χ0) is 100. The molecule has 0 radical (unpaired) electrons. The smallest absolute Gasteiger partial charge is 0.268 e. The van der Waals surface area contributed by atoms with Gasteiger partial charge in [-0.15, -0.1) is 0 Å². The van der Waals surface area contributed by atoms with Crippen molar-refractivity contribution in [3.05, 3.63) is 287 Å². The monoisotopic (exact) mass is 1930 g/mol. The summed E-state index contributed by atoms with van der Waals surface area (Å²) in [5.74, 6) is -2.21. The molecule has 30 N–H and O–H groups in total. The van der Waals surface area contributed by atoms with E-state index in [1.165, 1.54) is 91.7 Å². The Hall–Kier alpha value is -14.0. The van der Waals surface area contributed by atoms with Gasteiger partial charge >= 0.3 is 0 Å². The molecular weight excluding hydrogens is 1810 g/mol. The Morgan fingerprint density at radius 3 is 1.10 bits per heavy atom. The highest BCUT2D eigenvalue weighted by molar-refractivity contribution is 6.14. The zero-order valence-corrected chi connectivity index (χ0v) is 78.5. The Morgan fingerprint density at radius 2 is 0.723 bits per heavy atom. The van der Waals surface area contributed by atoms with Crippen molar-refractivity contribution in [3.8, 4) is 67.1 Å². The summed E-state index contributed by atoms with van der Waals surface area (Å²) in [5.41, 5.74) is 64.2. The Bertz CT molecular complexity index is 6570. The van der Waals surface area contributed by atoms with Crippen LogP contribution < -0.4 is 88.2 Å². The Kier molecular flexibility index (Phi) is 37.1. The van der Waals surface area contributed by atoms with Gasteiger partial charge in [0.1, 0.15) is 80.7 Å². The molecule has 34 heteroatoms. The minimum absolute atomic E-state index is 0.0366. The number of carbonyl (C=O) groups is 5. The summed E-state index contributed by atoms with van der Waals surface area (Å²) in [7, 11) is 1.57. The molecule has 1 aliphatic heterocycles. The van der Waals surface area contributed by atoms with E-state index in [0.29, 0.717) is 160 Å². The number of rotatable bonds is 37. The maximum Gasteiger partial charge on any atom is 0.268 e. The van der Waals surface area contributed by atoms with Crippen LogP contribution >= 0.6 is 0 Å². The van der Waals surface area contributed by atoms with Crippen molar-refractivity contribution in [2.75, 3.05) is 79.1 Å². The highest BCUT2D eigenvalue weighted by atomic mass is 19.2. The van der Waals surface area contributed by atoms with Gasteiger partial charge in [-0.3, -0.25) is 24.0 Å². The number of amides is 5. The van der Waals surface area contributed by atoms with Crippen LogP contribution in [0.25, 0.3) is 110 Å². The van der Waals surface area contributed by atoms with Crippen LogP contribution in [0, 0.1) is 52.6 Å². The topological polar surface area (TPSA) is 500 Å². The van der Waals surface area contributed by atoms with Crippen LogP contribution in [-0.4, -0.2) is 169 Å². The average molecular weight is 1930 g/mol. The van der Waals surface area contributed by atoms with Crippen molar-refractivity contribution in [1.82, 2.24) is 56.8 Å². The standard InChI is InChI=1S/C25H31FN4O.C21H22F2N4O.C21H25FN4O2.C20H22F2N4O.C20H23FN4O2/c26-19-9-6-17(7-10-19)18-8-12-21-22(11-5-16-3-4-16)24(30-23(21)14-18)25(31)29-15-20(28)2-1-13-27;22-14-6-4-13(5-7-14)18-16-2-1-3-17(23)19(16)27-20(18)21(28)26-11-15-8-12(9-24)10-25-15;1-28-17-6-2-5-16-18(13-7-9-14(22)10-8-13)20(26-19(16)17)21(27)25-12-15(24)4-3-11-23;21-13-8-6-12(7-9-13)17-15-4-1-5-16(22)18(15)26-19(17)20(27)25-11-14(24)3-2-10-23;21-13-8-6-12(7-9-13)17-15-4-1-5-16(26)18(15)25-19(17)20(27)24-11-14(23)3-2-10-22/h6-10,12,14,16,20,30H,1-5,11,13,15,27-28H2,(H,29,31);1-7,12,15,25,27H,8-11,24H2,(H,26,28);2,5-10,15,26H,3-4,11-12,23-24H2,1H3,(H,25,27);1,4-9,14,26H,2-3,10-11,23-24H2,(H,25,27);1,4-9,14,25-26H,2-3,10-11,22-23H2,(H,24,27)/t20-;12-,15+;15-;2*14-/m01000/s1. The molecule has 1 saturated heterocycles. The fraction of sp³-hybridized carbons (Fsp3) is 0.299. The van der Waals surface area contributed by atoms with Crippen molar-refractivity contribution in [2.24, 2.45) is 63.4 Å². The first kappa shape index (κ1) is 104. The van der Waals surface area contributed by atoms with E-state index in [4.69, 9.17) is 56.3 Å². The third-order valence-electron chi connectivity index (χ3n) is 25.0. The van der Waals surface area contributed by atoms with E-state index < -0.39 is 17.5 Å². The molecule has 1 saturated carbocycles. The van der Waals surface area contributed by atoms with E-state index in [0.717, 1.165) is 115 Å². The summed E-state index contributed by atoms with van der Waals surface area (Å²) < 4.78 is 101. The normalized spacial score (nSPS) is 14.2. The lowest BCUT2D eigenvalue weighted by atomic mass is 10.00. The van der Waals surface area contributed by atoms with E-state index in [-0.39, 0.29) is 118 Å². The van der Waals surface area contributed by atoms with Crippen LogP contribution in [0.1, 0.15) is 135 Å². The second-order valence-electron chi connectivity index (χ2n) is 35.4. The molecule has 0 unspecified atom stereocenters. The van der Waals surface area contributed by atoms with Crippen molar-refractivity contribution < 1.29 is 64.5 Å². The third kappa shape index (κ3) is 27.2. The first-order valence-electron chi connectivity index (χ1n) is 47.4. The number of aromatic nitrogens is 5. The Morgan fingerprint density at radius 1 is 0.383 bits per heavy atom. The van der Waals surface area contributed by atoms with Gasteiger partial charge in [-0.2, -0.15) is 0 Å². The number of aromatic hydroxyl groups is 1. The van der Waals surface area contributed by atoms with Crippen LogP contribution in [0.3, 0.4) is 0 Å².